The van der Waals surface area contributed by atoms with Crippen molar-refractivity contribution in [1.29, 1.82) is 0 Å². The van der Waals surface area contributed by atoms with E-state index in [2.05, 4.69) is 43.8 Å². The van der Waals surface area contributed by atoms with Gasteiger partial charge in [0.15, 0.2) is 0 Å². The summed E-state index contributed by atoms with van der Waals surface area (Å²) in [5.74, 6) is 0. The second-order valence-electron chi connectivity index (χ2n) is 7.98. The Balaban J connectivity index is 2.60. The van der Waals surface area contributed by atoms with E-state index in [0.717, 1.165) is 6.42 Å². The highest BCUT2D eigenvalue weighted by atomic mass is 28.3. The Morgan fingerprint density at radius 2 is 1.44 bits per heavy atom. The molecule has 0 radical (unpaired) electrons. The molecule has 0 aromatic heterocycles. The largest absolute Gasteiger partial charge is 0.394 e. The average molecular weight is 366 g/mol. The lowest BCUT2D eigenvalue weighted by molar-refractivity contribution is 0.114. The van der Waals surface area contributed by atoms with Crippen molar-refractivity contribution < 1.29 is 10.2 Å². The quantitative estimate of drug-likeness (QED) is 0.347. The van der Waals surface area contributed by atoms with Crippen LogP contribution < -0.4 is 10.9 Å². The number of rotatable bonds is 14. The Bertz CT molecular complexity index is 450. The molecule has 0 heterocycles. The lowest BCUT2D eigenvalue weighted by Crippen LogP contribution is -2.48. The van der Waals surface area contributed by atoms with Crippen LogP contribution in [0.2, 0.25) is 18.6 Å². The first-order valence-corrected chi connectivity index (χ1v) is 13.0. The third kappa shape index (κ3) is 8.03. The second kappa shape index (κ2) is 11.8. The van der Waals surface area contributed by atoms with Crippen molar-refractivity contribution >= 4 is 13.3 Å². The van der Waals surface area contributed by atoms with Crippen molar-refractivity contribution in [2.75, 3.05) is 13.2 Å². The standard InChI is InChI=1S/C21H39NO2Si/c1-3-4-5-6-7-11-16-25(2,20-13-9-8-10-14-20)17-12-15-21(22,18-23)19-24/h8-10,13-14,23-24H,3-7,11-12,15-19,22H2,1-2H3. The van der Waals surface area contributed by atoms with Crippen LogP contribution in [0.3, 0.4) is 0 Å². The number of nitrogens with two attached hydrogens (primary N) is 1. The van der Waals surface area contributed by atoms with E-state index >= 15 is 0 Å². The van der Waals surface area contributed by atoms with Crippen LogP contribution in [0.5, 0.6) is 0 Å². The topological polar surface area (TPSA) is 66.5 Å². The Kier molecular flexibility index (Phi) is 10.6. The van der Waals surface area contributed by atoms with Crippen molar-refractivity contribution in [2.24, 2.45) is 5.73 Å². The van der Waals surface area contributed by atoms with E-state index < -0.39 is 13.6 Å². The summed E-state index contributed by atoms with van der Waals surface area (Å²) < 4.78 is 0. The predicted molar refractivity (Wildman–Crippen MR) is 111 cm³/mol. The molecular weight excluding hydrogens is 326 g/mol. The molecule has 144 valence electrons. The van der Waals surface area contributed by atoms with Crippen molar-refractivity contribution in [2.45, 2.75) is 82.5 Å². The predicted octanol–water partition coefficient (Wildman–Crippen LogP) is 3.80. The summed E-state index contributed by atoms with van der Waals surface area (Å²) in [6.07, 6.45) is 9.69. The molecule has 0 bridgehead atoms. The van der Waals surface area contributed by atoms with Gasteiger partial charge in [0.25, 0.3) is 0 Å². The molecule has 1 aromatic carbocycles. The van der Waals surface area contributed by atoms with Gasteiger partial charge < -0.3 is 15.9 Å². The average Bonchev–Trinajstić information content (AvgIpc) is 2.65. The van der Waals surface area contributed by atoms with Gasteiger partial charge in [0.05, 0.1) is 26.8 Å². The third-order valence-corrected chi connectivity index (χ3v) is 10.2. The van der Waals surface area contributed by atoms with E-state index in [1.807, 2.05) is 0 Å². The van der Waals surface area contributed by atoms with Gasteiger partial charge in [-0.05, 0) is 6.42 Å². The van der Waals surface area contributed by atoms with Gasteiger partial charge in [-0.15, -0.1) is 0 Å². The minimum absolute atomic E-state index is 0.148. The van der Waals surface area contributed by atoms with E-state index in [1.54, 1.807) is 0 Å². The molecule has 1 rings (SSSR count). The lowest BCUT2D eigenvalue weighted by atomic mass is 9.97. The van der Waals surface area contributed by atoms with Gasteiger partial charge in [0.1, 0.15) is 0 Å². The zero-order valence-corrected chi connectivity index (χ0v) is 17.3. The normalized spacial score (nSPS) is 14.4. The van der Waals surface area contributed by atoms with E-state index in [-0.39, 0.29) is 13.2 Å². The molecule has 1 atom stereocenters. The molecule has 4 heteroatoms. The van der Waals surface area contributed by atoms with Crippen LogP contribution in [0.15, 0.2) is 30.3 Å². The summed E-state index contributed by atoms with van der Waals surface area (Å²) in [5, 5.41) is 20.3. The first-order chi connectivity index (χ1) is 12.0. The number of hydrogen-bond donors (Lipinski definition) is 3. The highest BCUT2D eigenvalue weighted by Crippen LogP contribution is 2.24. The fraction of sp³-hybridized carbons (Fsp3) is 0.714. The fourth-order valence-corrected chi connectivity index (χ4v) is 7.40. The highest BCUT2D eigenvalue weighted by molar-refractivity contribution is 6.90. The van der Waals surface area contributed by atoms with Crippen molar-refractivity contribution in [3.63, 3.8) is 0 Å². The monoisotopic (exact) mass is 365 g/mol. The molecule has 0 aliphatic rings. The maximum absolute atomic E-state index is 9.40. The van der Waals surface area contributed by atoms with Gasteiger partial charge >= 0.3 is 0 Å². The Labute approximate surface area is 155 Å². The van der Waals surface area contributed by atoms with E-state index in [1.165, 1.54) is 55.8 Å². The van der Waals surface area contributed by atoms with Crippen LogP contribution >= 0.6 is 0 Å². The molecule has 0 aliphatic heterocycles. The number of unbranched alkanes of at least 4 members (excludes halogenated alkanes) is 5. The SMILES string of the molecule is CCCCCCCC[Si](C)(CCCC(N)(CO)CO)c1ccccc1. The Morgan fingerprint density at radius 3 is 2.04 bits per heavy atom. The van der Waals surface area contributed by atoms with Gasteiger partial charge in [-0.1, -0.05) is 106 Å². The molecule has 0 saturated carbocycles. The molecule has 1 unspecified atom stereocenters. The molecule has 25 heavy (non-hydrogen) atoms. The third-order valence-electron chi connectivity index (χ3n) is 5.59. The number of aliphatic hydroxyl groups is 2. The molecule has 0 amide bonds. The first kappa shape index (κ1) is 22.4. The summed E-state index contributed by atoms with van der Waals surface area (Å²) in [7, 11) is -1.54. The zero-order valence-electron chi connectivity index (χ0n) is 16.3. The maximum Gasteiger partial charge on any atom is 0.0836 e. The van der Waals surface area contributed by atoms with E-state index in [9.17, 15) is 10.2 Å². The van der Waals surface area contributed by atoms with Crippen LogP contribution in [0.1, 0.15) is 58.3 Å². The van der Waals surface area contributed by atoms with Crippen LogP contribution in [-0.4, -0.2) is 37.0 Å². The minimum atomic E-state index is -1.54. The van der Waals surface area contributed by atoms with Gasteiger partial charge in [0.2, 0.25) is 0 Å². The molecule has 0 spiro atoms. The van der Waals surface area contributed by atoms with E-state index in [4.69, 9.17) is 5.73 Å². The zero-order chi connectivity index (χ0) is 18.6. The molecule has 1 aromatic rings. The summed E-state index contributed by atoms with van der Waals surface area (Å²) in [4.78, 5) is 0. The highest BCUT2D eigenvalue weighted by Gasteiger charge is 2.30. The van der Waals surface area contributed by atoms with E-state index in [0.29, 0.717) is 6.42 Å². The Hall–Kier alpha value is -0.683. The van der Waals surface area contributed by atoms with Crippen LogP contribution in [-0.2, 0) is 0 Å². The second-order valence-corrected chi connectivity index (χ2v) is 12.7. The maximum atomic E-state index is 9.40. The fourth-order valence-electron chi connectivity index (χ4n) is 3.59. The number of benzene rings is 1. The van der Waals surface area contributed by atoms with Crippen molar-refractivity contribution in [1.82, 2.24) is 0 Å². The van der Waals surface area contributed by atoms with Gasteiger partial charge in [0, 0.05) is 0 Å². The summed E-state index contributed by atoms with van der Waals surface area (Å²) >= 11 is 0. The Morgan fingerprint density at radius 1 is 0.880 bits per heavy atom. The number of hydrogen-bond acceptors (Lipinski definition) is 3. The molecule has 0 fully saturated rings. The van der Waals surface area contributed by atoms with Gasteiger partial charge in [-0.3, -0.25) is 0 Å². The lowest BCUT2D eigenvalue weighted by Gasteiger charge is -2.31. The van der Waals surface area contributed by atoms with Gasteiger partial charge in [-0.25, -0.2) is 0 Å². The van der Waals surface area contributed by atoms with Crippen LogP contribution in [0.25, 0.3) is 0 Å². The minimum Gasteiger partial charge on any atom is -0.394 e. The molecular formula is C21H39NO2Si. The molecule has 4 N–H and O–H groups in total. The molecule has 3 nitrogen and oxygen atoms in total. The van der Waals surface area contributed by atoms with Crippen molar-refractivity contribution in [3.8, 4) is 0 Å². The molecule has 0 aliphatic carbocycles. The van der Waals surface area contributed by atoms with Crippen molar-refractivity contribution in [3.05, 3.63) is 30.3 Å². The summed E-state index contributed by atoms with van der Waals surface area (Å²) in [6, 6.07) is 13.5. The smallest absolute Gasteiger partial charge is 0.0836 e. The summed E-state index contributed by atoms with van der Waals surface area (Å²) in [6.45, 7) is 4.45. The first-order valence-electron chi connectivity index (χ1n) is 10.1. The summed E-state index contributed by atoms with van der Waals surface area (Å²) in [5.41, 5.74) is 5.22. The van der Waals surface area contributed by atoms with Crippen LogP contribution in [0.4, 0.5) is 0 Å². The molecule has 0 saturated heterocycles. The number of aliphatic hydroxyl groups excluding tert-OH is 2. The van der Waals surface area contributed by atoms with Gasteiger partial charge in [-0.2, -0.15) is 0 Å². The van der Waals surface area contributed by atoms with Crippen LogP contribution in [0, 0.1) is 0 Å².